The first kappa shape index (κ1) is 32.0. The second-order valence-electron chi connectivity index (χ2n) is 10.2. The molecule has 10 heteroatoms. The van der Waals surface area contributed by atoms with E-state index in [1.165, 1.54) is 23.1 Å². The van der Waals surface area contributed by atoms with Crippen LogP contribution in [-0.4, -0.2) is 51.4 Å². The lowest BCUT2D eigenvalue weighted by atomic mass is 10.1. The van der Waals surface area contributed by atoms with Crippen molar-refractivity contribution in [3.05, 3.63) is 88.9 Å². The first-order valence-electron chi connectivity index (χ1n) is 13.5. The molecule has 0 fully saturated rings. The highest BCUT2D eigenvalue weighted by molar-refractivity contribution is 7.92. The van der Waals surface area contributed by atoms with Crippen LogP contribution in [0.4, 0.5) is 5.69 Å². The minimum absolute atomic E-state index is 0.0376. The highest BCUT2D eigenvalue weighted by atomic mass is 35.5. The maximum absolute atomic E-state index is 14.2. The van der Waals surface area contributed by atoms with E-state index in [-0.39, 0.29) is 29.0 Å². The number of sulfonamides is 1. The molecule has 0 radical (unpaired) electrons. The molecule has 8 nitrogen and oxygen atoms in total. The molecule has 41 heavy (non-hydrogen) atoms. The Morgan fingerprint density at radius 1 is 1.00 bits per heavy atom. The molecule has 0 saturated heterocycles. The summed E-state index contributed by atoms with van der Waals surface area (Å²) in [4.78, 5) is 29.0. The highest BCUT2D eigenvalue weighted by Crippen LogP contribution is 2.30. The Hall–Kier alpha value is -3.56. The van der Waals surface area contributed by atoms with Gasteiger partial charge in [-0.3, -0.25) is 13.9 Å². The SMILES string of the molecule is CC[C@@H](C(=O)NCC(C)C)N(Cc1ccc(OC)cc1)C(=O)CN(c1cc(Cl)ccc1C)S(=O)(=O)c1ccccc1. The molecule has 2 amide bonds. The first-order chi connectivity index (χ1) is 19.5. The zero-order valence-corrected chi connectivity index (χ0v) is 25.7. The average molecular weight is 600 g/mol. The first-order valence-corrected chi connectivity index (χ1v) is 15.3. The van der Waals surface area contributed by atoms with Gasteiger partial charge in [0.15, 0.2) is 0 Å². The van der Waals surface area contributed by atoms with Crippen molar-refractivity contribution in [2.75, 3.05) is 24.5 Å². The molecule has 220 valence electrons. The summed E-state index contributed by atoms with van der Waals surface area (Å²) in [5.41, 5.74) is 1.69. The number of nitrogens with zero attached hydrogens (tertiary/aromatic N) is 2. The summed E-state index contributed by atoms with van der Waals surface area (Å²) in [6, 6.07) is 19.2. The van der Waals surface area contributed by atoms with E-state index in [9.17, 15) is 18.0 Å². The van der Waals surface area contributed by atoms with E-state index in [0.717, 1.165) is 9.87 Å². The molecule has 3 rings (SSSR count). The minimum Gasteiger partial charge on any atom is -0.497 e. The van der Waals surface area contributed by atoms with Crippen molar-refractivity contribution in [1.29, 1.82) is 0 Å². The predicted octanol–water partition coefficient (Wildman–Crippen LogP) is 5.43. The third kappa shape index (κ3) is 8.24. The third-order valence-corrected chi connectivity index (χ3v) is 8.64. The Morgan fingerprint density at radius 3 is 2.24 bits per heavy atom. The van der Waals surface area contributed by atoms with E-state index in [1.807, 2.05) is 32.9 Å². The lowest BCUT2D eigenvalue weighted by Gasteiger charge is -2.33. The highest BCUT2D eigenvalue weighted by Gasteiger charge is 2.34. The zero-order valence-electron chi connectivity index (χ0n) is 24.1. The van der Waals surface area contributed by atoms with Gasteiger partial charge in [-0.1, -0.05) is 68.8 Å². The summed E-state index contributed by atoms with van der Waals surface area (Å²) in [7, 11) is -2.60. The zero-order chi connectivity index (χ0) is 30.2. The standard InChI is InChI=1S/C31H38ClN3O5S/c1-6-28(31(37)33-19-22(2)3)34(20-24-13-16-26(40-5)17-14-24)30(36)21-35(29-18-25(32)15-12-23(29)4)41(38,39)27-10-8-7-9-11-27/h7-18,22,28H,6,19-21H2,1-5H3,(H,33,37)/t28-/m0/s1. The Bertz CT molecular complexity index is 1430. The Kier molecular flexibility index (Phi) is 11.2. The Morgan fingerprint density at radius 2 is 1.66 bits per heavy atom. The topological polar surface area (TPSA) is 96.0 Å². The molecule has 0 heterocycles. The summed E-state index contributed by atoms with van der Waals surface area (Å²) < 4.78 is 34.2. The van der Waals surface area contributed by atoms with E-state index in [1.54, 1.807) is 56.5 Å². The van der Waals surface area contributed by atoms with Gasteiger partial charge in [0.25, 0.3) is 10.0 Å². The van der Waals surface area contributed by atoms with Crippen molar-refractivity contribution in [2.45, 2.75) is 51.6 Å². The molecule has 3 aromatic carbocycles. The van der Waals surface area contributed by atoms with Crippen LogP contribution < -0.4 is 14.4 Å². The number of hydrogen-bond acceptors (Lipinski definition) is 5. The quantitative estimate of drug-likeness (QED) is 0.283. The second kappa shape index (κ2) is 14.4. The third-order valence-electron chi connectivity index (χ3n) is 6.63. The van der Waals surface area contributed by atoms with Gasteiger partial charge in [0, 0.05) is 18.1 Å². The number of nitrogens with one attached hydrogen (secondary N) is 1. The fraction of sp³-hybridized carbons (Fsp3) is 0.355. The molecule has 0 unspecified atom stereocenters. The van der Waals surface area contributed by atoms with Crippen LogP contribution in [0.3, 0.4) is 0 Å². The molecule has 1 atom stereocenters. The summed E-state index contributed by atoms with van der Waals surface area (Å²) >= 11 is 6.28. The van der Waals surface area contributed by atoms with Gasteiger partial charge in [0.2, 0.25) is 11.8 Å². The number of carbonyl (C=O) groups is 2. The van der Waals surface area contributed by atoms with Crippen molar-refractivity contribution < 1.29 is 22.7 Å². The fourth-order valence-corrected chi connectivity index (χ4v) is 6.01. The summed E-state index contributed by atoms with van der Waals surface area (Å²) in [5, 5.41) is 3.26. The molecule has 3 aromatic rings. The van der Waals surface area contributed by atoms with Gasteiger partial charge in [-0.15, -0.1) is 0 Å². The Balaban J connectivity index is 2.07. The van der Waals surface area contributed by atoms with Gasteiger partial charge < -0.3 is 15.0 Å². The fourth-order valence-electron chi connectivity index (χ4n) is 4.35. The molecule has 1 N–H and O–H groups in total. The number of halogens is 1. The van der Waals surface area contributed by atoms with Crippen LogP contribution in [0.2, 0.25) is 5.02 Å². The van der Waals surface area contributed by atoms with Crippen molar-refractivity contribution in [3.8, 4) is 5.75 Å². The van der Waals surface area contributed by atoms with E-state index in [4.69, 9.17) is 16.3 Å². The van der Waals surface area contributed by atoms with Gasteiger partial charge in [0.05, 0.1) is 17.7 Å². The van der Waals surface area contributed by atoms with E-state index in [2.05, 4.69) is 5.32 Å². The number of amides is 2. The minimum atomic E-state index is -4.17. The van der Waals surface area contributed by atoms with Crippen molar-refractivity contribution in [3.63, 3.8) is 0 Å². The van der Waals surface area contributed by atoms with Gasteiger partial charge in [-0.2, -0.15) is 0 Å². The maximum Gasteiger partial charge on any atom is 0.264 e. The van der Waals surface area contributed by atoms with Gasteiger partial charge in [-0.05, 0) is 66.8 Å². The van der Waals surface area contributed by atoms with E-state index < -0.39 is 28.5 Å². The number of rotatable bonds is 13. The molecule has 0 spiro atoms. The van der Waals surface area contributed by atoms with Crippen LogP contribution in [-0.2, 0) is 26.2 Å². The molecule has 0 aliphatic rings. The molecule has 0 saturated carbocycles. The van der Waals surface area contributed by atoms with Gasteiger partial charge >= 0.3 is 0 Å². The lowest BCUT2D eigenvalue weighted by molar-refractivity contribution is -0.140. The van der Waals surface area contributed by atoms with Gasteiger partial charge in [-0.25, -0.2) is 8.42 Å². The number of ether oxygens (including phenoxy) is 1. The van der Waals surface area contributed by atoms with Gasteiger partial charge in [0.1, 0.15) is 18.3 Å². The average Bonchev–Trinajstić information content (AvgIpc) is 2.96. The number of benzene rings is 3. The van der Waals surface area contributed by atoms with Crippen LogP contribution >= 0.6 is 11.6 Å². The van der Waals surface area contributed by atoms with E-state index >= 15 is 0 Å². The maximum atomic E-state index is 14.2. The molecular formula is C31H38ClN3O5S. The van der Waals surface area contributed by atoms with Crippen LogP contribution in [0.1, 0.15) is 38.3 Å². The molecule has 0 aliphatic heterocycles. The Labute approximate surface area is 248 Å². The predicted molar refractivity (Wildman–Crippen MR) is 163 cm³/mol. The van der Waals surface area contributed by atoms with Crippen LogP contribution in [0.5, 0.6) is 5.75 Å². The number of methoxy groups -OCH3 is 1. The summed E-state index contributed by atoms with van der Waals surface area (Å²) in [6.07, 6.45) is 0.341. The normalized spacial score (nSPS) is 12.1. The number of anilines is 1. The molecular weight excluding hydrogens is 562 g/mol. The largest absolute Gasteiger partial charge is 0.497 e. The molecule has 0 aromatic heterocycles. The molecule has 0 bridgehead atoms. The van der Waals surface area contributed by atoms with E-state index in [0.29, 0.717) is 29.3 Å². The second-order valence-corrected chi connectivity index (χ2v) is 12.5. The number of hydrogen-bond donors (Lipinski definition) is 1. The summed E-state index contributed by atoms with van der Waals surface area (Å²) in [5.74, 6) is 0.0649. The lowest BCUT2D eigenvalue weighted by Crippen LogP contribution is -2.52. The smallest absolute Gasteiger partial charge is 0.264 e. The monoisotopic (exact) mass is 599 g/mol. The summed E-state index contributed by atoms with van der Waals surface area (Å²) in [6.45, 7) is 7.59. The number of aryl methyl sites for hydroxylation is 1. The molecule has 0 aliphatic carbocycles. The van der Waals surface area contributed by atoms with Crippen molar-refractivity contribution >= 4 is 39.1 Å². The van der Waals surface area contributed by atoms with Crippen LogP contribution in [0, 0.1) is 12.8 Å². The van der Waals surface area contributed by atoms with Crippen LogP contribution in [0.25, 0.3) is 0 Å². The van der Waals surface area contributed by atoms with Crippen molar-refractivity contribution in [2.24, 2.45) is 5.92 Å². The number of carbonyl (C=O) groups excluding carboxylic acids is 2. The van der Waals surface area contributed by atoms with Crippen LogP contribution in [0.15, 0.2) is 77.7 Å². The van der Waals surface area contributed by atoms with Crippen molar-refractivity contribution in [1.82, 2.24) is 10.2 Å².